The second-order valence-electron chi connectivity index (χ2n) is 4.49. The number of rotatable bonds is 3. The van der Waals surface area contributed by atoms with Crippen LogP contribution < -0.4 is 5.32 Å². The van der Waals surface area contributed by atoms with E-state index in [-0.39, 0.29) is 6.54 Å². The molecule has 0 fully saturated rings. The molecule has 0 bridgehead atoms. The van der Waals surface area contributed by atoms with Crippen molar-refractivity contribution in [2.24, 2.45) is 0 Å². The van der Waals surface area contributed by atoms with Gasteiger partial charge in [0, 0.05) is 22.2 Å². The van der Waals surface area contributed by atoms with Crippen molar-refractivity contribution in [1.82, 2.24) is 15.2 Å². The zero-order valence-electron chi connectivity index (χ0n) is 11.0. The van der Waals surface area contributed by atoms with E-state index in [2.05, 4.69) is 26.6 Å². The number of aromatic nitrogens is 3. The van der Waals surface area contributed by atoms with Crippen molar-refractivity contribution in [2.75, 3.05) is 11.9 Å². The highest BCUT2D eigenvalue weighted by molar-refractivity contribution is 5.96. The number of para-hydroxylation sites is 1. The summed E-state index contributed by atoms with van der Waals surface area (Å²) in [6.45, 7) is 2.25. The van der Waals surface area contributed by atoms with Crippen LogP contribution in [0, 0.1) is 18.3 Å². The lowest BCUT2D eigenvalue weighted by molar-refractivity contribution is 1.03. The zero-order chi connectivity index (χ0) is 13.9. The molecule has 0 amide bonds. The van der Waals surface area contributed by atoms with Crippen molar-refractivity contribution < 1.29 is 0 Å². The van der Waals surface area contributed by atoms with Crippen LogP contribution in [-0.4, -0.2) is 21.7 Å². The number of hydrogen-bond acceptors (Lipinski definition) is 4. The van der Waals surface area contributed by atoms with E-state index in [1.807, 2.05) is 43.3 Å². The quantitative estimate of drug-likeness (QED) is 0.712. The van der Waals surface area contributed by atoms with E-state index in [9.17, 15) is 0 Å². The second kappa shape index (κ2) is 5.02. The van der Waals surface area contributed by atoms with Gasteiger partial charge in [-0.1, -0.05) is 18.2 Å². The Labute approximate surface area is 116 Å². The molecule has 0 atom stereocenters. The maximum Gasteiger partial charge on any atom is 0.149 e. The largest absolute Gasteiger partial charge is 0.358 e. The molecular weight excluding hydrogens is 250 g/mol. The number of nitrogens with one attached hydrogen (secondary N) is 2. The average molecular weight is 263 g/mol. The summed E-state index contributed by atoms with van der Waals surface area (Å²) in [5, 5.41) is 20.9. The summed E-state index contributed by atoms with van der Waals surface area (Å²) in [6, 6.07) is 13.9. The summed E-state index contributed by atoms with van der Waals surface area (Å²) in [5.41, 5.74) is 4.05. The van der Waals surface area contributed by atoms with Crippen LogP contribution in [-0.2, 0) is 0 Å². The summed E-state index contributed by atoms with van der Waals surface area (Å²) in [6.07, 6.45) is 0. The van der Waals surface area contributed by atoms with E-state index >= 15 is 0 Å². The van der Waals surface area contributed by atoms with Crippen molar-refractivity contribution in [3.8, 4) is 17.3 Å². The molecule has 0 aliphatic rings. The normalized spacial score (nSPS) is 10.4. The Kier molecular flexibility index (Phi) is 3.05. The predicted octanol–water partition coefficient (Wildman–Crippen LogP) is 2.87. The minimum absolute atomic E-state index is 0.222. The third kappa shape index (κ3) is 2.08. The number of nitrogens with zero attached hydrogens (tertiary/aromatic N) is 3. The van der Waals surface area contributed by atoms with Gasteiger partial charge in [-0.25, -0.2) is 0 Å². The molecule has 0 saturated carbocycles. The van der Waals surface area contributed by atoms with Gasteiger partial charge in [0.25, 0.3) is 0 Å². The van der Waals surface area contributed by atoms with Crippen LogP contribution in [0.15, 0.2) is 36.4 Å². The molecule has 1 aromatic carbocycles. The SMILES string of the molecule is Cc1[nH]c2ccccc2c1-c1ccc(NCC#N)nn1. The van der Waals surface area contributed by atoms with Crippen LogP contribution in [0.25, 0.3) is 22.2 Å². The van der Waals surface area contributed by atoms with Gasteiger partial charge >= 0.3 is 0 Å². The topological polar surface area (TPSA) is 77.4 Å². The molecule has 98 valence electrons. The van der Waals surface area contributed by atoms with Crippen LogP contribution in [0.3, 0.4) is 0 Å². The van der Waals surface area contributed by atoms with Crippen LogP contribution >= 0.6 is 0 Å². The first kappa shape index (κ1) is 12.2. The maximum atomic E-state index is 8.52. The molecule has 0 aliphatic carbocycles. The van der Waals surface area contributed by atoms with Gasteiger partial charge in [0.05, 0.1) is 11.8 Å². The number of H-pyrrole nitrogens is 1. The summed E-state index contributed by atoms with van der Waals surface area (Å²) in [5.74, 6) is 0.604. The molecule has 3 rings (SSSR count). The molecule has 2 heterocycles. The van der Waals surface area contributed by atoms with E-state index in [1.165, 1.54) is 0 Å². The van der Waals surface area contributed by atoms with Gasteiger partial charge in [-0.05, 0) is 25.1 Å². The van der Waals surface area contributed by atoms with Gasteiger partial charge in [0.2, 0.25) is 0 Å². The molecule has 2 N–H and O–H groups in total. The third-order valence-electron chi connectivity index (χ3n) is 3.16. The number of aryl methyl sites for hydroxylation is 1. The van der Waals surface area contributed by atoms with E-state index in [4.69, 9.17) is 5.26 Å². The molecule has 0 aliphatic heterocycles. The molecule has 3 aromatic rings. The molecule has 5 heteroatoms. The van der Waals surface area contributed by atoms with Crippen molar-refractivity contribution in [3.05, 3.63) is 42.1 Å². The van der Waals surface area contributed by atoms with Crippen molar-refractivity contribution in [2.45, 2.75) is 6.92 Å². The van der Waals surface area contributed by atoms with Crippen LogP contribution in [0.2, 0.25) is 0 Å². The van der Waals surface area contributed by atoms with Crippen molar-refractivity contribution in [3.63, 3.8) is 0 Å². The van der Waals surface area contributed by atoms with E-state index in [0.29, 0.717) is 5.82 Å². The fourth-order valence-corrected chi connectivity index (χ4v) is 2.30. The molecule has 20 heavy (non-hydrogen) atoms. The monoisotopic (exact) mass is 263 g/mol. The van der Waals surface area contributed by atoms with Gasteiger partial charge in [0.15, 0.2) is 0 Å². The van der Waals surface area contributed by atoms with E-state index < -0.39 is 0 Å². The lowest BCUT2D eigenvalue weighted by Gasteiger charge is -2.03. The lowest BCUT2D eigenvalue weighted by Crippen LogP contribution is -2.02. The Morgan fingerprint density at radius 1 is 1.20 bits per heavy atom. The first-order chi connectivity index (χ1) is 9.79. The van der Waals surface area contributed by atoms with Gasteiger partial charge < -0.3 is 10.3 Å². The highest BCUT2D eigenvalue weighted by atomic mass is 15.2. The standard InChI is InChI=1S/C15H13N5/c1-10-15(11-4-2-3-5-12(11)18-10)13-6-7-14(20-19-13)17-9-8-16/h2-7,18H,9H2,1H3,(H,17,20). The predicted molar refractivity (Wildman–Crippen MR) is 78.2 cm³/mol. The number of anilines is 1. The molecule has 0 spiro atoms. The molecule has 0 saturated heterocycles. The summed E-state index contributed by atoms with van der Waals surface area (Å²) in [4.78, 5) is 3.35. The van der Waals surface area contributed by atoms with Crippen LogP contribution in [0.4, 0.5) is 5.82 Å². The van der Waals surface area contributed by atoms with Gasteiger partial charge in [-0.15, -0.1) is 10.2 Å². The maximum absolute atomic E-state index is 8.52. The Morgan fingerprint density at radius 2 is 2.05 bits per heavy atom. The minimum Gasteiger partial charge on any atom is -0.358 e. The number of nitriles is 1. The lowest BCUT2D eigenvalue weighted by atomic mass is 10.1. The average Bonchev–Trinajstić information content (AvgIpc) is 2.81. The minimum atomic E-state index is 0.222. The fraction of sp³-hybridized carbons (Fsp3) is 0.133. The Morgan fingerprint density at radius 3 is 2.80 bits per heavy atom. The smallest absolute Gasteiger partial charge is 0.149 e. The summed E-state index contributed by atoms with van der Waals surface area (Å²) < 4.78 is 0. The molecule has 0 unspecified atom stereocenters. The highest BCUT2D eigenvalue weighted by Gasteiger charge is 2.11. The van der Waals surface area contributed by atoms with E-state index in [0.717, 1.165) is 27.9 Å². The zero-order valence-corrected chi connectivity index (χ0v) is 11.0. The molecule has 5 nitrogen and oxygen atoms in total. The Bertz CT molecular complexity index is 780. The number of hydrogen-bond donors (Lipinski definition) is 2. The summed E-state index contributed by atoms with van der Waals surface area (Å²) >= 11 is 0. The van der Waals surface area contributed by atoms with Crippen molar-refractivity contribution >= 4 is 16.7 Å². The van der Waals surface area contributed by atoms with Crippen LogP contribution in [0.1, 0.15) is 5.69 Å². The number of benzene rings is 1. The first-order valence-corrected chi connectivity index (χ1v) is 6.32. The highest BCUT2D eigenvalue weighted by Crippen LogP contribution is 2.30. The number of fused-ring (bicyclic) bond motifs is 1. The molecule has 2 aromatic heterocycles. The Balaban J connectivity index is 2.03. The van der Waals surface area contributed by atoms with E-state index in [1.54, 1.807) is 0 Å². The molecular formula is C15H13N5. The first-order valence-electron chi connectivity index (χ1n) is 6.32. The Hall–Kier alpha value is -2.87. The fourth-order valence-electron chi connectivity index (χ4n) is 2.30. The summed E-state index contributed by atoms with van der Waals surface area (Å²) in [7, 11) is 0. The van der Waals surface area contributed by atoms with Crippen LogP contribution in [0.5, 0.6) is 0 Å². The number of aromatic amines is 1. The van der Waals surface area contributed by atoms with Gasteiger partial charge in [-0.3, -0.25) is 0 Å². The third-order valence-corrected chi connectivity index (χ3v) is 3.16. The van der Waals surface area contributed by atoms with Gasteiger partial charge in [0.1, 0.15) is 12.4 Å². The van der Waals surface area contributed by atoms with Gasteiger partial charge in [-0.2, -0.15) is 5.26 Å². The van der Waals surface area contributed by atoms with Crippen molar-refractivity contribution in [1.29, 1.82) is 5.26 Å². The molecule has 0 radical (unpaired) electrons. The second-order valence-corrected chi connectivity index (χ2v) is 4.49.